The van der Waals surface area contributed by atoms with Crippen molar-refractivity contribution in [2.75, 3.05) is 26.2 Å². The van der Waals surface area contributed by atoms with E-state index in [4.69, 9.17) is 10.5 Å². The molecular formula is C16H30N4O. The summed E-state index contributed by atoms with van der Waals surface area (Å²) in [5.74, 6) is 0.637. The average Bonchev–Trinajstić information content (AvgIpc) is 2.67. The number of fused-ring (bicyclic) bond motifs is 2. The fraction of sp³-hybridized carbons (Fsp3) is 0.938. The highest BCUT2D eigenvalue weighted by atomic mass is 16.5. The summed E-state index contributed by atoms with van der Waals surface area (Å²) in [6, 6.07) is 0.537. The van der Waals surface area contributed by atoms with Gasteiger partial charge in [-0.2, -0.15) is 0 Å². The molecular weight excluding hydrogens is 264 g/mol. The van der Waals surface area contributed by atoms with Gasteiger partial charge in [-0.1, -0.05) is 25.7 Å². The van der Waals surface area contributed by atoms with Crippen LogP contribution in [0.5, 0.6) is 0 Å². The van der Waals surface area contributed by atoms with E-state index in [0.29, 0.717) is 24.2 Å². The van der Waals surface area contributed by atoms with E-state index in [1.807, 2.05) is 0 Å². The van der Waals surface area contributed by atoms with Gasteiger partial charge < -0.3 is 15.8 Å². The Balaban J connectivity index is 1.36. The van der Waals surface area contributed by atoms with Gasteiger partial charge in [0.1, 0.15) is 0 Å². The SMILES string of the molecule is NC(=NCCN1CC2CCC(C1)O2)NC1CCCCCC1. The van der Waals surface area contributed by atoms with Crippen LogP contribution in [0.25, 0.3) is 0 Å². The number of nitrogens with one attached hydrogen (secondary N) is 1. The smallest absolute Gasteiger partial charge is 0.188 e. The van der Waals surface area contributed by atoms with Crippen molar-refractivity contribution < 1.29 is 4.74 Å². The van der Waals surface area contributed by atoms with E-state index >= 15 is 0 Å². The van der Waals surface area contributed by atoms with Crippen molar-refractivity contribution in [3.8, 4) is 0 Å². The average molecular weight is 294 g/mol. The minimum absolute atomic E-state index is 0.467. The second-order valence-corrected chi connectivity index (χ2v) is 6.82. The molecule has 0 aromatic heterocycles. The standard InChI is InChI=1S/C16H30N4O/c17-16(19-13-5-3-1-2-4-6-13)18-9-10-20-11-14-7-8-15(12-20)21-14/h13-15H,1-12H2,(H3,17,18,19). The lowest BCUT2D eigenvalue weighted by Gasteiger charge is -2.31. The zero-order valence-corrected chi connectivity index (χ0v) is 13.1. The van der Waals surface area contributed by atoms with Crippen LogP contribution in [0.15, 0.2) is 4.99 Å². The summed E-state index contributed by atoms with van der Waals surface area (Å²) in [5.41, 5.74) is 6.03. The lowest BCUT2D eigenvalue weighted by atomic mass is 10.1. The van der Waals surface area contributed by atoms with Gasteiger partial charge in [0.15, 0.2) is 5.96 Å². The fourth-order valence-electron chi connectivity index (χ4n) is 3.87. The fourth-order valence-corrected chi connectivity index (χ4v) is 3.87. The van der Waals surface area contributed by atoms with Gasteiger partial charge in [-0.05, 0) is 25.7 Å². The summed E-state index contributed by atoms with van der Waals surface area (Å²) in [4.78, 5) is 6.99. The summed E-state index contributed by atoms with van der Waals surface area (Å²) >= 11 is 0. The number of hydrogen-bond donors (Lipinski definition) is 2. The maximum atomic E-state index is 6.03. The van der Waals surface area contributed by atoms with Crippen LogP contribution in [0.4, 0.5) is 0 Å². The van der Waals surface area contributed by atoms with Gasteiger partial charge in [-0.3, -0.25) is 9.89 Å². The van der Waals surface area contributed by atoms with Crippen LogP contribution >= 0.6 is 0 Å². The molecule has 2 atom stereocenters. The maximum absolute atomic E-state index is 6.03. The first-order valence-electron chi connectivity index (χ1n) is 8.74. The Hall–Kier alpha value is -0.810. The first-order chi connectivity index (χ1) is 10.3. The van der Waals surface area contributed by atoms with E-state index < -0.39 is 0 Å². The second-order valence-electron chi connectivity index (χ2n) is 6.82. The molecule has 5 heteroatoms. The zero-order valence-electron chi connectivity index (χ0n) is 13.1. The van der Waals surface area contributed by atoms with Crippen molar-refractivity contribution in [3.05, 3.63) is 0 Å². The predicted molar refractivity (Wildman–Crippen MR) is 85.5 cm³/mol. The van der Waals surface area contributed by atoms with Gasteiger partial charge >= 0.3 is 0 Å². The van der Waals surface area contributed by atoms with E-state index in [2.05, 4.69) is 15.2 Å². The van der Waals surface area contributed by atoms with Crippen molar-refractivity contribution >= 4 is 5.96 Å². The van der Waals surface area contributed by atoms with Crippen molar-refractivity contribution in [3.63, 3.8) is 0 Å². The lowest BCUT2D eigenvalue weighted by Crippen LogP contribution is -2.44. The summed E-state index contributed by atoms with van der Waals surface area (Å²) in [6.07, 6.45) is 11.3. The molecule has 2 unspecified atom stereocenters. The molecule has 120 valence electrons. The molecule has 2 heterocycles. The molecule has 3 aliphatic rings. The summed E-state index contributed by atoms with van der Waals surface area (Å²) < 4.78 is 5.85. The number of nitrogens with zero attached hydrogens (tertiary/aromatic N) is 2. The van der Waals surface area contributed by atoms with Crippen LogP contribution in [0.1, 0.15) is 51.4 Å². The predicted octanol–water partition coefficient (Wildman–Crippen LogP) is 1.48. The molecule has 0 radical (unpaired) electrons. The summed E-state index contributed by atoms with van der Waals surface area (Å²) in [6.45, 7) is 3.94. The van der Waals surface area contributed by atoms with E-state index in [9.17, 15) is 0 Å². The molecule has 2 saturated heterocycles. The molecule has 5 nitrogen and oxygen atoms in total. The normalized spacial score (nSPS) is 32.1. The van der Waals surface area contributed by atoms with Crippen LogP contribution in [-0.4, -0.2) is 55.3 Å². The number of guanidine groups is 1. The Labute approximate surface area is 128 Å². The van der Waals surface area contributed by atoms with E-state index in [1.54, 1.807) is 0 Å². The van der Waals surface area contributed by atoms with E-state index in [0.717, 1.165) is 26.2 Å². The maximum Gasteiger partial charge on any atom is 0.188 e. The first-order valence-corrected chi connectivity index (χ1v) is 8.74. The highest BCUT2D eigenvalue weighted by Crippen LogP contribution is 2.25. The number of nitrogens with two attached hydrogens (primary N) is 1. The minimum Gasteiger partial charge on any atom is -0.372 e. The van der Waals surface area contributed by atoms with Crippen LogP contribution in [0.2, 0.25) is 0 Å². The molecule has 3 rings (SSSR count). The summed E-state index contributed by atoms with van der Waals surface area (Å²) in [5, 5.41) is 3.41. The quantitative estimate of drug-likeness (QED) is 0.468. The first kappa shape index (κ1) is 15.1. The molecule has 0 aromatic carbocycles. The van der Waals surface area contributed by atoms with Gasteiger partial charge in [0.05, 0.1) is 18.8 Å². The molecule has 2 aliphatic heterocycles. The van der Waals surface area contributed by atoms with Crippen LogP contribution in [0, 0.1) is 0 Å². The second kappa shape index (κ2) is 7.45. The Morgan fingerprint density at radius 3 is 2.38 bits per heavy atom. The van der Waals surface area contributed by atoms with Crippen molar-refractivity contribution in [1.29, 1.82) is 0 Å². The highest BCUT2D eigenvalue weighted by molar-refractivity contribution is 5.78. The molecule has 0 spiro atoms. The topological polar surface area (TPSA) is 62.9 Å². The van der Waals surface area contributed by atoms with Gasteiger partial charge in [-0.25, -0.2) is 0 Å². The number of hydrogen-bond acceptors (Lipinski definition) is 3. The van der Waals surface area contributed by atoms with Crippen molar-refractivity contribution in [2.24, 2.45) is 10.7 Å². The minimum atomic E-state index is 0.467. The highest BCUT2D eigenvalue weighted by Gasteiger charge is 2.33. The third-order valence-corrected chi connectivity index (χ3v) is 5.02. The lowest BCUT2D eigenvalue weighted by molar-refractivity contribution is -0.0370. The monoisotopic (exact) mass is 294 g/mol. The zero-order chi connectivity index (χ0) is 14.5. The number of ether oxygens (including phenoxy) is 1. The molecule has 1 saturated carbocycles. The van der Waals surface area contributed by atoms with Crippen molar-refractivity contribution in [1.82, 2.24) is 10.2 Å². The van der Waals surface area contributed by atoms with Crippen LogP contribution < -0.4 is 11.1 Å². The molecule has 0 amide bonds. The molecule has 3 N–H and O–H groups in total. The number of morpholine rings is 1. The Morgan fingerprint density at radius 1 is 1.05 bits per heavy atom. The van der Waals surface area contributed by atoms with Gasteiger partial charge in [0.2, 0.25) is 0 Å². The third-order valence-electron chi connectivity index (χ3n) is 5.02. The van der Waals surface area contributed by atoms with Gasteiger partial charge in [0, 0.05) is 25.7 Å². The van der Waals surface area contributed by atoms with Crippen molar-refractivity contribution in [2.45, 2.75) is 69.6 Å². The molecule has 21 heavy (non-hydrogen) atoms. The van der Waals surface area contributed by atoms with Crippen LogP contribution in [0.3, 0.4) is 0 Å². The van der Waals surface area contributed by atoms with Gasteiger partial charge in [0.25, 0.3) is 0 Å². The summed E-state index contributed by atoms with van der Waals surface area (Å²) in [7, 11) is 0. The molecule has 3 fully saturated rings. The van der Waals surface area contributed by atoms with E-state index in [-0.39, 0.29) is 0 Å². The molecule has 2 bridgehead atoms. The molecule has 0 aromatic rings. The third kappa shape index (κ3) is 4.58. The van der Waals surface area contributed by atoms with E-state index in [1.165, 1.54) is 51.4 Å². The van der Waals surface area contributed by atoms with Gasteiger partial charge in [-0.15, -0.1) is 0 Å². The Morgan fingerprint density at radius 2 is 1.71 bits per heavy atom. The number of rotatable bonds is 4. The Kier molecular flexibility index (Phi) is 5.36. The van der Waals surface area contributed by atoms with Crippen LogP contribution in [-0.2, 0) is 4.74 Å². The largest absolute Gasteiger partial charge is 0.372 e. The number of likely N-dealkylation sites (tertiary alicyclic amines) is 1. The number of aliphatic imine (C=N–C) groups is 1. The Bertz CT molecular complexity index is 340. The molecule has 1 aliphatic carbocycles.